The molecule has 0 bridgehead atoms. The van der Waals surface area contributed by atoms with Gasteiger partial charge in [-0.3, -0.25) is 4.79 Å². The highest BCUT2D eigenvalue weighted by Crippen LogP contribution is 2.36. The zero-order valence-electron chi connectivity index (χ0n) is 12.3. The summed E-state index contributed by atoms with van der Waals surface area (Å²) in [6.45, 7) is 0. The molecule has 25 heavy (non-hydrogen) atoms. The van der Waals surface area contributed by atoms with E-state index in [1.807, 2.05) is 18.2 Å². The van der Waals surface area contributed by atoms with Gasteiger partial charge < -0.3 is 16.0 Å². The maximum atomic E-state index is 12.6. The number of carbonyl (C=O) groups is 1. The van der Waals surface area contributed by atoms with Crippen molar-refractivity contribution in [3.63, 3.8) is 0 Å². The Morgan fingerprint density at radius 3 is 2.84 bits per heavy atom. The first-order chi connectivity index (χ1) is 12.0. The highest BCUT2D eigenvalue weighted by Gasteiger charge is 2.22. The number of fused-ring (bicyclic) bond motifs is 1. The van der Waals surface area contributed by atoms with Gasteiger partial charge in [0.2, 0.25) is 5.78 Å². The number of aromatic amines is 1. The number of hydrogen-bond donors (Lipinski definition) is 3. The fourth-order valence-corrected chi connectivity index (χ4v) is 4.62. The number of benzene rings is 1. The van der Waals surface area contributed by atoms with Gasteiger partial charge in [0.15, 0.2) is 5.13 Å². The van der Waals surface area contributed by atoms with E-state index >= 15 is 0 Å². The van der Waals surface area contributed by atoms with Crippen LogP contribution in [0.3, 0.4) is 0 Å². The van der Waals surface area contributed by atoms with Gasteiger partial charge in [-0.15, -0.1) is 11.3 Å². The summed E-state index contributed by atoms with van der Waals surface area (Å²) in [6.07, 6.45) is 1.63. The topological polar surface area (TPSA) is 96.7 Å². The van der Waals surface area contributed by atoms with Crippen LogP contribution in [0.5, 0.6) is 0 Å². The highest BCUT2D eigenvalue weighted by atomic mass is 35.5. The Morgan fingerprint density at radius 1 is 1.24 bits per heavy atom. The van der Waals surface area contributed by atoms with Crippen molar-refractivity contribution in [2.45, 2.75) is 0 Å². The maximum absolute atomic E-state index is 12.6. The molecule has 10 heteroatoms. The SMILES string of the molecule is Nc1nc(Nc2ccc3nc[nH]c3c2)sc1C(=O)c1cc(Cl)sc1Cl. The number of hydrogen-bond acceptors (Lipinski definition) is 7. The van der Waals surface area contributed by atoms with Gasteiger partial charge in [-0.1, -0.05) is 34.5 Å². The highest BCUT2D eigenvalue weighted by molar-refractivity contribution is 7.21. The number of carbonyl (C=O) groups excluding carboxylic acids is 1. The predicted octanol–water partition coefficient (Wildman–Crippen LogP) is 4.94. The van der Waals surface area contributed by atoms with Crippen LogP contribution >= 0.6 is 45.9 Å². The van der Waals surface area contributed by atoms with Crippen molar-refractivity contribution in [1.82, 2.24) is 15.0 Å². The fraction of sp³-hybridized carbons (Fsp3) is 0. The van der Waals surface area contributed by atoms with E-state index in [0.717, 1.165) is 39.4 Å². The van der Waals surface area contributed by atoms with E-state index in [9.17, 15) is 4.79 Å². The van der Waals surface area contributed by atoms with Gasteiger partial charge in [-0.05, 0) is 24.3 Å². The molecule has 0 saturated carbocycles. The van der Waals surface area contributed by atoms with Crippen LogP contribution in [0.2, 0.25) is 8.67 Å². The molecule has 0 amide bonds. The Bertz CT molecular complexity index is 1100. The third kappa shape index (κ3) is 3.09. The minimum atomic E-state index is -0.291. The van der Waals surface area contributed by atoms with Crippen molar-refractivity contribution in [2.75, 3.05) is 11.1 Å². The van der Waals surface area contributed by atoms with E-state index < -0.39 is 0 Å². The molecule has 0 fully saturated rings. The zero-order chi connectivity index (χ0) is 17.6. The van der Waals surface area contributed by atoms with E-state index in [1.165, 1.54) is 6.07 Å². The van der Waals surface area contributed by atoms with Gasteiger partial charge in [-0.25, -0.2) is 9.97 Å². The summed E-state index contributed by atoms with van der Waals surface area (Å²) in [5, 5.41) is 3.66. The second-order valence-corrected chi connectivity index (χ2v) is 8.34. The molecule has 0 atom stereocenters. The molecule has 4 N–H and O–H groups in total. The summed E-state index contributed by atoms with van der Waals surface area (Å²) in [4.78, 5) is 24.4. The minimum absolute atomic E-state index is 0.151. The van der Waals surface area contributed by atoms with Crippen LogP contribution in [0.25, 0.3) is 11.0 Å². The lowest BCUT2D eigenvalue weighted by Crippen LogP contribution is -2.01. The Kier molecular flexibility index (Phi) is 4.12. The first kappa shape index (κ1) is 16.3. The molecule has 0 aliphatic carbocycles. The van der Waals surface area contributed by atoms with Crippen molar-refractivity contribution >= 4 is 79.3 Å². The van der Waals surface area contributed by atoms with Gasteiger partial charge in [0.1, 0.15) is 15.0 Å². The summed E-state index contributed by atoms with van der Waals surface area (Å²) in [6, 6.07) is 7.19. The molecule has 6 nitrogen and oxygen atoms in total. The largest absolute Gasteiger partial charge is 0.382 e. The van der Waals surface area contributed by atoms with Crippen molar-refractivity contribution in [3.05, 3.63) is 49.7 Å². The van der Waals surface area contributed by atoms with E-state index in [0.29, 0.717) is 24.2 Å². The van der Waals surface area contributed by atoms with Crippen LogP contribution in [0, 0.1) is 0 Å². The van der Waals surface area contributed by atoms with Crippen LogP contribution in [0.1, 0.15) is 15.2 Å². The lowest BCUT2D eigenvalue weighted by atomic mass is 10.2. The molecule has 0 unspecified atom stereocenters. The minimum Gasteiger partial charge on any atom is -0.382 e. The summed E-state index contributed by atoms with van der Waals surface area (Å²) in [5.41, 5.74) is 8.81. The number of halogens is 2. The summed E-state index contributed by atoms with van der Waals surface area (Å²) >= 11 is 14.3. The van der Waals surface area contributed by atoms with E-state index in [1.54, 1.807) is 6.33 Å². The monoisotopic (exact) mass is 409 g/mol. The number of thiophene rings is 1. The zero-order valence-corrected chi connectivity index (χ0v) is 15.5. The molecule has 0 radical (unpaired) electrons. The molecule has 4 aromatic rings. The first-order valence-electron chi connectivity index (χ1n) is 6.97. The third-order valence-corrected chi connectivity index (χ3v) is 5.91. The predicted molar refractivity (Wildman–Crippen MR) is 104 cm³/mol. The fourth-order valence-electron chi connectivity index (χ4n) is 2.30. The average Bonchev–Trinajstić information content (AvgIpc) is 3.25. The number of nitrogens with two attached hydrogens (primary N) is 1. The second-order valence-electron chi connectivity index (χ2n) is 5.06. The average molecular weight is 410 g/mol. The molecular formula is C15H9Cl2N5OS2. The smallest absolute Gasteiger partial charge is 0.209 e. The molecule has 0 aliphatic heterocycles. The number of aromatic nitrogens is 3. The quantitative estimate of drug-likeness (QED) is 0.414. The van der Waals surface area contributed by atoms with Crippen LogP contribution in [-0.4, -0.2) is 20.7 Å². The van der Waals surface area contributed by atoms with Crippen molar-refractivity contribution in [1.29, 1.82) is 0 Å². The maximum Gasteiger partial charge on any atom is 0.209 e. The van der Waals surface area contributed by atoms with Crippen molar-refractivity contribution in [3.8, 4) is 0 Å². The number of anilines is 3. The molecule has 3 aromatic heterocycles. The number of ketones is 1. The summed E-state index contributed by atoms with van der Waals surface area (Å²) < 4.78 is 0.782. The second kappa shape index (κ2) is 6.30. The van der Waals surface area contributed by atoms with Crippen LogP contribution in [0.4, 0.5) is 16.6 Å². The molecule has 0 saturated heterocycles. The van der Waals surface area contributed by atoms with Crippen molar-refractivity contribution in [2.24, 2.45) is 0 Å². The lowest BCUT2D eigenvalue weighted by Gasteiger charge is -2.01. The van der Waals surface area contributed by atoms with Gasteiger partial charge in [0, 0.05) is 5.69 Å². The number of rotatable bonds is 4. The number of H-pyrrole nitrogens is 1. The number of nitrogens with zero attached hydrogens (tertiary/aromatic N) is 2. The van der Waals surface area contributed by atoms with Gasteiger partial charge >= 0.3 is 0 Å². The van der Waals surface area contributed by atoms with E-state index in [2.05, 4.69) is 20.3 Å². The van der Waals surface area contributed by atoms with Crippen LogP contribution in [0.15, 0.2) is 30.6 Å². The summed E-state index contributed by atoms with van der Waals surface area (Å²) in [5.74, 6) is -0.140. The molecule has 3 heterocycles. The van der Waals surface area contributed by atoms with Crippen LogP contribution < -0.4 is 11.1 Å². The first-order valence-corrected chi connectivity index (χ1v) is 9.36. The van der Waals surface area contributed by atoms with E-state index in [4.69, 9.17) is 28.9 Å². The Hall–Kier alpha value is -2.13. The standard InChI is InChI=1S/C15H9Cl2N5OS2/c16-10-4-7(13(17)24-10)11(23)12-14(18)22-15(25-12)21-6-1-2-8-9(3-6)20-5-19-8/h1-5H,18H2,(H,19,20)(H,21,22). The molecule has 4 rings (SSSR count). The Labute approximate surface area is 159 Å². The molecular weight excluding hydrogens is 401 g/mol. The normalized spacial score (nSPS) is 11.1. The van der Waals surface area contributed by atoms with E-state index in [-0.39, 0.29) is 11.6 Å². The van der Waals surface area contributed by atoms with Crippen LogP contribution in [-0.2, 0) is 0 Å². The number of nitrogen functional groups attached to an aromatic ring is 1. The molecule has 1 aromatic carbocycles. The lowest BCUT2D eigenvalue weighted by molar-refractivity contribution is 0.104. The Morgan fingerprint density at radius 2 is 2.08 bits per heavy atom. The molecule has 0 spiro atoms. The molecule has 0 aliphatic rings. The number of imidazole rings is 1. The van der Waals surface area contributed by atoms with Gasteiger partial charge in [0.25, 0.3) is 0 Å². The van der Waals surface area contributed by atoms with Crippen molar-refractivity contribution < 1.29 is 4.79 Å². The number of thiazole rings is 1. The summed E-state index contributed by atoms with van der Waals surface area (Å²) in [7, 11) is 0. The van der Waals surface area contributed by atoms with Gasteiger partial charge in [0.05, 0.1) is 27.3 Å². The molecule has 126 valence electrons. The Balaban J connectivity index is 1.63. The third-order valence-electron chi connectivity index (χ3n) is 3.43. The van der Waals surface area contributed by atoms with Gasteiger partial charge in [-0.2, -0.15) is 0 Å². The number of nitrogens with one attached hydrogen (secondary N) is 2.